The van der Waals surface area contributed by atoms with Crippen molar-refractivity contribution in [2.24, 2.45) is 7.05 Å². The Hall–Kier alpha value is -3.93. The molecule has 1 aliphatic heterocycles. The van der Waals surface area contributed by atoms with Gasteiger partial charge in [0.15, 0.2) is 0 Å². The number of hydrogen-bond donors (Lipinski definition) is 2. The summed E-state index contributed by atoms with van der Waals surface area (Å²) in [5.41, 5.74) is 2.28. The minimum Gasteiger partial charge on any atom is -0.496 e. The van der Waals surface area contributed by atoms with E-state index in [4.69, 9.17) is 4.74 Å². The highest BCUT2D eigenvalue weighted by Gasteiger charge is 2.38. The van der Waals surface area contributed by atoms with Crippen molar-refractivity contribution in [2.45, 2.75) is 25.6 Å². The summed E-state index contributed by atoms with van der Waals surface area (Å²) in [5, 5.41) is 11.8. The lowest BCUT2D eigenvalue weighted by atomic mass is 10.0. The first-order valence-corrected chi connectivity index (χ1v) is 13.9. The van der Waals surface area contributed by atoms with E-state index in [2.05, 4.69) is 31.7 Å². The minimum absolute atomic E-state index is 0. The molecular weight excluding hydrogens is 624 g/mol. The fourth-order valence-electron chi connectivity index (χ4n) is 5.02. The largest absolute Gasteiger partial charge is 0.496 e. The second-order valence-corrected chi connectivity index (χ2v) is 10.8. The normalized spacial score (nSPS) is 15.5. The molecule has 2 atom stereocenters. The number of rotatable bonds is 7. The average Bonchev–Trinajstić information content (AvgIpc) is 3.38. The summed E-state index contributed by atoms with van der Waals surface area (Å²) in [5.74, 6) is -0.388. The second kappa shape index (κ2) is 12.9. The van der Waals surface area contributed by atoms with Crippen molar-refractivity contribution >= 4 is 68.2 Å². The number of methoxy groups -OCH3 is 1. The molecule has 0 bridgehead atoms. The average molecular weight is 656 g/mol. The monoisotopic (exact) mass is 654 g/mol. The molecule has 220 valence electrons. The fourth-order valence-corrected chi connectivity index (χ4v) is 5.40. The van der Waals surface area contributed by atoms with Crippen LogP contribution in [0, 0.1) is 0 Å². The van der Waals surface area contributed by atoms with Crippen LogP contribution in [0.3, 0.4) is 0 Å². The molecule has 42 heavy (non-hydrogen) atoms. The molecule has 1 aromatic heterocycles. The molecule has 12 heteroatoms. The highest BCUT2D eigenvalue weighted by atomic mass is 79.9. The van der Waals surface area contributed by atoms with Gasteiger partial charge in [-0.3, -0.25) is 19.1 Å². The van der Waals surface area contributed by atoms with Crippen LogP contribution in [-0.2, 0) is 23.2 Å². The van der Waals surface area contributed by atoms with Gasteiger partial charge >= 0.3 is 0 Å². The molecular formula is C30H32BrClN6O4. The number of aryl methyl sites for hydroxylation is 1. The molecule has 0 saturated carbocycles. The van der Waals surface area contributed by atoms with Crippen molar-refractivity contribution in [1.82, 2.24) is 20.4 Å². The number of fused-ring (bicyclic) bond motifs is 2. The van der Waals surface area contributed by atoms with E-state index >= 15 is 0 Å². The number of halogens is 2. The highest BCUT2D eigenvalue weighted by Crippen LogP contribution is 2.38. The van der Waals surface area contributed by atoms with Gasteiger partial charge in [0.2, 0.25) is 5.91 Å². The molecule has 0 saturated heterocycles. The lowest BCUT2D eigenvalue weighted by Crippen LogP contribution is -2.55. The highest BCUT2D eigenvalue weighted by molar-refractivity contribution is 9.10. The standard InChI is InChI=1S/C30H31BrN6O4.ClH/c1-18(32-2)28(38)34-24-17-37(29(39)20-14-33-35(3)15-20)26-8-6-5-7-25(26)36(30(24)40)16-23-22-11-10-21(31)13-19(22)9-12-27(23)41-4;/h5-15,18,24,32H,16-17H2,1-4H3,(H,34,38);1H/t18-,24-;/m0./s1. The van der Waals surface area contributed by atoms with E-state index in [0.29, 0.717) is 22.7 Å². The van der Waals surface area contributed by atoms with Gasteiger partial charge in [-0.15, -0.1) is 12.4 Å². The number of amides is 3. The van der Waals surface area contributed by atoms with Crippen molar-refractivity contribution in [3.63, 3.8) is 0 Å². The number of nitrogens with one attached hydrogen (secondary N) is 2. The van der Waals surface area contributed by atoms with Crippen molar-refractivity contribution in [2.75, 3.05) is 30.5 Å². The Balaban J connectivity index is 0.00000405. The maximum absolute atomic E-state index is 14.3. The van der Waals surface area contributed by atoms with Crippen LogP contribution in [0.25, 0.3) is 10.8 Å². The molecule has 0 spiro atoms. The summed E-state index contributed by atoms with van der Waals surface area (Å²) in [6, 6.07) is 15.5. The first kappa shape index (κ1) is 31.0. The van der Waals surface area contributed by atoms with Gasteiger partial charge in [-0.25, -0.2) is 0 Å². The van der Waals surface area contributed by atoms with Crippen LogP contribution in [0.1, 0.15) is 22.8 Å². The summed E-state index contributed by atoms with van der Waals surface area (Å²) < 4.78 is 8.22. The van der Waals surface area contributed by atoms with Gasteiger partial charge < -0.3 is 25.2 Å². The lowest BCUT2D eigenvalue weighted by molar-refractivity contribution is -0.128. The zero-order chi connectivity index (χ0) is 29.3. The predicted molar refractivity (Wildman–Crippen MR) is 168 cm³/mol. The van der Waals surface area contributed by atoms with Crippen molar-refractivity contribution in [3.8, 4) is 5.75 Å². The van der Waals surface area contributed by atoms with Crippen LogP contribution in [0.2, 0.25) is 0 Å². The van der Waals surface area contributed by atoms with Gasteiger partial charge in [0, 0.05) is 23.3 Å². The summed E-state index contributed by atoms with van der Waals surface area (Å²) in [4.78, 5) is 44.3. The third kappa shape index (κ3) is 5.99. The Labute approximate surface area is 258 Å². The predicted octanol–water partition coefficient (Wildman–Crippen LogP) is 4.05. The number of ether oxygens (including phenoxy) is 1. The van der Waals surface area contributed by atoms with Crippen LogP contribution in [-0.4, -0.2) is 60.3 Å². The smallest absolute Gasteiger partial charge is 0.261 e. The van der Waals surface area contributed by atoms with E-state index in [0.717, 1.165) is 20.8 Å². The minimum atomic E-state index is -1.01. The molecule has 0 unspecified atom stereocenters. The first-order valence-electron chi connectivity index (χ1n) is 13.2. The van der Waals surface area contributed by atoms with Gasteiger partial charge in [0.1, 0.15) is 11.8 Å². The number of likely N-dealkylation sites (N-methyl/N-ethyl adjacent to an activating group) is 1. The number of carbonyl (C=O) groups excluding carboxylic acids is 3. The Morgan fingerprint density at radius 2 is 1.88 bits per heavy atom. The Morgan fingerprint density at radius 3 is 2.55 bits per heavy atom. The zero-order valence-corrected chi connectivity index (χ0v) is 26.0. The fraction of sp³-hybridized carbons (Fsp3) is 0.267. The molecule has 2 N–H and O–H groups in total. The third-order valence-corrected chi connectivity index (χ3v) is 7.81. The van der Waals surface area contributed by atoms with Crippen LogP contribution in [0.15, 0.2) is 71.5 Å². The van der Waals surface area contributed by atoms with Crippen molar-refractivity contribution in [1.29, 1.82) is 0 Å². The lowest BCUT2D eigenvalue weighted by Gasteiger charge is -2.27. The number of aromatic nitrogens is 2. The molecule has 3 amide bonds. The molecule has 2 heterocycles. The zero-order valence-electron chi connectivity index (χ0n) is 23.6. The number of carbonyl (C=O) groups is 3. The van der Waals surface area contributed by atoms with Crippen LogP contribution < -0.4 is 25.2 Å². The Bertz CT molecular complexity index is 1640. The van der Waals surface area contributed by atoms with E-state index < -0.39 is 12.1 Å². The van der Waals surface area contributed by atoms with Gasteiger partial charge in [-0.1, -0.05) is 40.2 Å². The number of benzene rings is 3. The molecule has 10 nitrogen and oxygen atoms in total. The molecule has 0 radical (unpaired) electrons. The molecule has 5 rings (SSSR count). The second-order valence-electron chi connectivity index (χ2n) is 9.91. The van der Waals surface area contributed by atoms with Gasteiger partial charge in [0.25, 0.3) is 11.8 Å². The Morgan fingerprint density at radius 1 is 1.14 bits per heavy atom. The summed E-state index contributed by atoms with van der Waals surface area (Å²) in [7, 11) is 5.00. The molecule has 1 aliphatic rings. The van der Waals surface area contributed by atoms with E-state index in [1.807, 2.05) is 54.6 Å². The maximum atomic E-state index is 14.3. The van der Waals surface area contributed by atoms with E-state index in [-0.39, 0.29) is 43.2 Å². The van der Waals surface area contributed by atoms with Crippen LogP contribution >= 0.6 is 28.3 Å². The molecule has 3 aromatic carbocycles. The molecule has 0 fully saturated rings. The van der Waals surface area contributed by atoms with Crippen LogP contribution in [0.5, 0.6) is 5.75 Å². The van der Waals surface area contributed by atoms with E-state index in [1.165, 1.54) is 11.1 Å². The summed E-state index contributed by atoms with van der Waals surface area (Å²) in [6.07, 6.45) is 3.12. The number of nitrogens with zero attached hydrogens (tertiary/aromatic N) is 4. The van der Waals surface area contributed by atoms with Crippen LogP contribution in [0.4, 0.5) is 11.4 Å². The topological polar surface area (TPSA) is 109 Å². The van der Waals surface area contributed by atoms with Gasteiger partial charge in [-0.2, -0.15) is 5.10 Å². The third-order valence-electron chi connectivity index (χ3n) is 7.32. The van der Waals surface area contributed by atoms with E-state index in [9.17, 15) is 14.4 Å². The molecule has 0 aliphatic carbocycles. The van der Waals surface area contributed by atoms with E-state index in [1.54, 1.807) is 43.9 Å². The quantitative estimate of drug-likeness (QED) is 0.311. The maximum Gasteiger partial charge on any atom is 0.261 e. The SMILES string of the molecule is CN[C@@H](C)C(=O)N[C@H]1CN(C(=O)c2cnn(C)c2)c2ccccc2N(Cc2c(OC)ccc3cc(Br)ccc23)C1=O.Cl. The van der Waals surface area contributed by atoms with Gasteiger partial charge in [0.05, 0.1) is 49.4 Å². The number of para-hydroxylation sites is 2. The molecule has 4 aromatic rings. The number of anilines is 2. The first-order chi connectivity index (χ1) is 19.7. The Kier molecular flexibility index (Phi) is 9.55. The summed E-state index contributed by atoms with van der Waals surface area (Å²) in [6.45, 7) is 1.81. The van der Waals surface area contributed by atoms with Gasteiger partial charge in [-0.05, 0) is 55.1 Å². The summed E-state index contributed by atoms with van der Waals surface area (Å²) >= 11 is 3.54. The number of hydrogen-bond acceptors (Lipinski definition) is 6. The van der Waals surface area contributed by atoms with Crippen molar-refractivity contribution in [3.05, 3.63) is 82.6 Å². The van der Waals surface area contributed by atoms with Crippen molar-refractivity contribution < 1.29 is 19.1 Å².